The molecule has 2 rings (SSSR count). The van der Waals surface area contributed by atoms with Gasteiger partial charge in [0.25, 0.3) is 0 Å². The van der Waals surface area contributed by atoms with Crippen molar-refractivity contribution < 1.29 is 0 Å². The molecule has 0 radical (unpaired) electrons. The lowest BCUT2D eigenvalue weighted by Crippen LogP contribution is -2.19. The molecular formula is C17H20BrClN2. The first-order chi connectivity index (χ1) is 9.95. The van der Waals surface area contributed by atoms with Crippen molar-refractivity contribution in [2.24, 2.45) is 5.73 Å². The molecule has 112 valence electrons. The average Bonchev–Trinajstić information content (AvgIpc) is 2.40. The Morgan fingerprint density at radius 1 is 1.14 bits per heavy atom. The molecule has 0 fully saturated rings. The summed E-state index contributed by atoms with van der Waals surface area (Å²) in [6.07, 6.45) is 0.889. The molecule has 0 saturated heterocycles. The fraction of sp³-hybridized carbons (Fsp3) is 0.294. The van der Waals surface area contributed by atoms with Crippen LogP contribution in [0.4, 0.5) is 5.69 Å². The molecule has 0 heterocycles. The minimum atomic E-state index is 0.176. The van der Waals surface area contributed by atoms with E-state index in [0.29, 0.717) is 0 Å². The maximum absolute atomic E-state index is 5.92. The number of nitrogens with zero attached hydrogens (tertiary/aromatic N) is 1. The van der Waals surface area contributed by atoms with Crippen LogP contribution >= 0.6 is 27.5 Å². The van der Waals surface area contributed by atoms with Gasteiger partial charge >= 0.3 is 0 Å². The largest absolute Gasteiger partial charge is 0.369 e. The van der Waals surface area contributed by atoms with Crippen molar-refractivity contribution >= 4 is 33.2 Å². The van der Waals surface area contributed by atoms with Crippen molar-refractivity contribution in [2.45, 2.75) is 25.9 Å². The molecule has 2 nitrogen and oxygen atoms in total. The van der Waals surface area contributed by atoms with E-state index in [1.807, 2.05) is 19.1 Å². The van der Waals surface area contributed by atoms with Crippen LogP contribution in [0.3, 0.4) is 0 Å². The Labute approximate surface area is 140 Å². The van der Waals surface area contributed by atoms with Gasteiger partial charge in [0.15, 0.2) is 0 Å². The Bertz CT molecular complexity index is 596. The Balaban J connectivity index is 2.11. The lowest BCUT2D eigenvalue weighted by molar-refractivity contribution is 0.737. The van der Waals surface area contributed by atoms with Crippen molar-refractivity contribution in [3.8, 4) is 0 Å². The summed E-state index contributed by atoms with van der Waals surface area (Å²) in [5, 5.41) is 0.767. The van der Waals surface area contributed by atoms with Gasteiger partial charge in [-0.1, -0.05) is 29.8 Å². The molecule has 0 aromatic heterocycles. The van der Waals surface area contributed by atoms with Gasteiger partial charge in [0, 0.05) is 29.1 Å². The van der Waals surface area contributed by atoms with Crippen LogP contribution in [0, 0.1) is 0 Å². The Kier molecular flexibility index (Phi) is 5.68. The van der Waals surface area contributed by atoms with Crippen LogP contribution in [0.1, 0.15) is 18.1 Å². The van der Waals surface area contributed by atoms with E-state index in [1.54, 1.807) is 0 Å². The summed E-state index contributed by atoms with van der Waals surface area (Å²) in [4.78, 5) is 2.21. The third kappa shape index (κ3) is 4.73. The molecule has 21 heavy (non-hydrogen) atoms. The third-order valence-electron chi connectivity index (χ3n) is 3.31. The summed E-state index contributed by atoms with van der Waals surface area (Å²) < 4.78 is 1.09. The molecule has 2 aromatic carbocycles. The number of hydrogen-bond acceptors (Lipinski definition) is 2. The van der Waals surface area contributed by atoms with Crippen LogP contribution in [0.5, 0.6) is 0 Å². The van der Waals surface area contributed by atoms with E-state index in [4.69, 9.17) is 17.3 Å². The minimum Gasteiger partial charge on any atom is -0.369 e. The van der Waals surface area contributed by atoms with Gasteiger partial charge in [0.2, 0.25) is 0 Å². The van der Waals surface area contributed by atoms with Gasteiger partial charge in [0.1, 0.15) is 0 Å². The standard InChI is InChI=1S/C17H20BrClN2/c1-12(20)9-14-5-8-17(16(18)10-14)21(2)11-13-3-6-15(19)7-4-13/h3-8,10,12H,9,11,20H2,1-2H3. The molecule has 0 aliphatic heterocycles. The number of halogens is 2. The van der Waals surface area contributed by atoms with E-state index in [9.17, 15) is 0 Å². The minimum absolute atomic E-state index is 0.176. The van der Waals surface area contributed by atoms with Gasteiger partial charge in [-0.05, 0) is 64.7 Å². The summed E-state index contributed by atoms with van der Waals surface area (Å²) in [5.41, 5.74) is 9.50. The van der Waals surface area contributed by atoms with E-state index >= 15 is 0 Å². The monoisotopic (exact) mass is 366 g/mol. The lowest BCUT2D eigenvalue weighted by Gasteiger charge is -2.21. The normalized spacial score (nSPS) is 12.2. The highest BCUT2D eigenvalue weighted by molar-refractivity contribution is 9.10. The quantitative estimate of drug-likeness (QED) is 0.835. The van der Waals surface area contributed by atoms with Crippen molar-refractivity contribution in [2.75, 3.05) is 11.9 Å². The van der Waals surface area contributed by atoms with E-state index in [-0.39, 0.29) is 6.04 Å². The van der Waals surface area contributed by atoms with Crippen molar-refractivity contribution in [1.82, 2.24) is 0 Å². The van der Waals surface area contributed by atoms with Gasteiger partial charge in [-0.3, -0.25) is 0 Å². The van der Waals surface area contributed by atoms with Crippen LogP contribution in [0.15, 0.2) is 46.9 Å². The molecule has 2 aromatic rings. The number of benzene rings is 2. The molecule has 0 aliphatic rings. The topological polar surface area (TPSA) is 29.3 Å². The van der Waals surface area contributed by atoms with Gasteiger partial charge < -0.3 is 10.6 Å². The highest BCUT2D eigenvalue weighted by atomic mass is 79.9. The van der Waals surface area contributed by atoms with Crippen molar-refractivity contribution in [3.05, 3.63) is 63.1 Å². The van der Waals surface area contributed by atoms with Crippen LogP contribution in [-0.2, 0) is 13.0 Å². The highest BCUT2D eigenvalue weighted by Crippen LogP contribution is 2.28. The summed E-state index contributed by atoms with van der Waals surface area (Å²) in [7, 11) is 2.08. The van der Waals surface area contributed by atoms with Crippen LogP contribution < -0.4 is 10.6 Å². The van der Waals surface area contributed by atoms with Crippen LogP contribution in [0.25, 0.3) is 0 Å². The summed E-state index contributed by atoms with van der Waals surface area (Å²) in [5.74, 6) is 0. The van der Waals surface area contributed by atoms with Gasteiger partial charge in [-0.2, -0.15) is 0 Å². The van der Waals surface area contributed by atoms with E-state index in [0.717, 1.165) is 22.5 Å². The summed E-state index contributed by atoms with van der Waals surface area (Å²) in [6.45, 7) is 2.86. The molecule has 1 atom stereocenters. The Morgan fingerprint density at radius 3 is 2.33 bits per heavy atom. The first-order valence-electron chi connectivity index (χ1n) is 6.95. The predicted molar refractivity (Wildman–Crippen MR) is 95.1 cm³/mol. The number of rotatable bonds is 5. The van der Waals surface area contributed by atoms with Crippen LogP contribution in [-0.4, -0.2) is 13.1 Å². The summed E-state index contributed by atoms with van der Waals surface area (Å²) in [6, 6.07) is 14.6. The molecule has 4 heteroatoms. The first-order valence-corrected chi connectivity index (χ1v) is 8.12. The molecule has 0 amide bonds. The molecule has 0 spiro atoms. The molecule has 1 unspecified atom stereocenters. The van der Waals surface area contributed by atoms with Crippen LogP contribution in [0.2, 0.25) is 5.02 Å². The molecule has 0 bridgehead atoms. The molecule has 0 saturated carbocycles. The fourth-order valence-corrected chi connectivity index (χ4v) is 3.16. The lowest BCUT2D eigenvalue weighted by atomic mass is 10.1. The average molecular weight is 368 g/mol. The van der Waals surface area contributed by atoms with Gasteiger partial charge in [-0.15, -0.1) is 0 Å². The van der Waals surface area contributed by atoms with E-state index in [2.05, 4.69) is 58.2 Å². The maximum Gasteiger partial charge on any atom is 0.0511 e. The smallest absolute Gasteiger partial charge is 0.0511 e. The SMILES string of the molecule is CC(N)Cc1ccc(N(C)Cc2ccc(Cl)cc2)c(Br)c1. The Morgan fingerprint density at radius 2 is 1.76 bits per heavy atom. The number of nitrogens with two attached hydrogens (primary N) is 1. The Hall–Kier alpha value is -1.03. The molecular weight excluding hydrogens is 348 g/mol. The third-order valence-corrected chi connectivity index (χ3v) is 4.20. The van der Waals surface area contributed by atoms with Gasteiger partial charge in [-0.25, -0.2) is 0 Å². The van der Waals surface area contributed by atoms with Crippen molar-refractivity contribution in [3.63, 3.8) is 0 Å². The maximum atomic E-state index is 5.92. The predicted octanol–water partition coefficient (Wildman–Crippen LogP) is 4.63. The number of hydrogen-bond donors (Lipinski definition) is 1. The summed E-state index contributed by atoms with van der Waals surface area (Å²) >= 11 is 9.58. The second-order valence-corrected chi connectivity index (χ2v) is 6.74. The zero-order chi connectivity index (χ0) is 15.4. The molecule has 0 aliphatic carbocycles. The fourth-order valence-electron chi connectivity index (χ4n) is 2.31. The van der Waals surface area contributed by atoms with E-state index in [1.165, 1.54) is 16.8 Å². The zero-order valence-electron chi connectivity index (χ0n) is 12.3. The zero-order valence-corrected chi connectivity index (χ0v) is 14.7. The second-order valence-electron chi connectivity index (χ2n) is 5.45. The first kappa shape index (κ1) is 16.3. The second kappa shape index (κ2) is 7.30. The number of anilines is 1. The van der Waals surface area contributed by atoms with Gasteiger partial charge in [0.05, 0.1) is 5.69 Å². The molecule has 2 N–H and O–H groups in total. The van der Waals surface area contributed by atoms with E-state index < -0.39 is 0 Å². The van der Waals surface area contributed by atoms with Crippen molar-refractivity contribution in [1.29, 1.82) is 0 Å². The highest BCUT2D eigenvalue weighted by Gasteiger charge is 2.08.